The van der Waals surface area contributed by atoms with Crippen LogP contribution in [0.15, 0.2) is 66.5 Å². The molecule has 21 heavy (non-hydrogen) atoms. The molecule has 0 aliphatic heterocycles. The van der Waals surface area contributed by atoms with Crippen LogP contribution in [0.25, 0.3) is 5.57 Å². The van der Waals surface area contributed by atoms with Gasteiger partial charge in [-0.2, -0.15) is 0 Å². The van der Waals surface area contributed by atoms with E-state index in [1.165, 1.54) is 0 Å². The Morgan fingerprint density at radius 3 is 2.10 bits per heavy atom. The molecule has 0 fully saturated rings. The SMILES string of the molecule is CCC1C(=O)C(F)=C(c2ccccc2)C1c1ccccc1. The van der Waals surface area contributed by atoms with Gasteiger partial charge in [-0.1, -0.05) is 67.6 Å². The van der Waals surface area contributed by atoms with Gasteiger partial charge in [-0.25, -0.2) is 4.39 Å². The zero-order valence-electron chi connectivity index (χ0n) is 11.9. The van der Waals surface area contributed by atoms with E-state index in [0.717, 1.165) is 11.1 Å². The minimum Gasteiger partial charge on any atom is -0.291 e. The zero-order valence-corrected chi connectivity index (χ0v) is 11.9. The fourth-order valence-corrected chi connectivity index (χ4v) is 3.19. The van der Waals surface area contributed by atoms with E-state index < -0.39 is 5.83 Å². The Morgan fingerprint density at radius 1 is 0.952 bits per heavy atom. The summed E-state index contributed by atoms with van der Waals surface area (Å²) in [6.45, 7) is 1.94. The van der Waals surface area contributed by atoms with E-state index in [4.69, 9.17) is 0 Å². The maximum Gasteiger partial charge on any atom is 0.195 e. The van der Waals surface area contributed by atoms with Crippen LogP contribution in [0.3, 0.4) is 0 Å². The second kappa shape index (κ2) is 5.65. The monoisotopic (exact) mass is 280 g/mol. The van der Waals surface area contributed by atoms with Gasteiger partial charge in [-0.15, -0.1) is 0 Å². The maximum atomic E-state index is 14.6. The Kier molecular flexibility index (Phi) is 3.70. The van der Waals surface area contributed by atoms with Crippen LogP contribution in [0, 0.1) is 5.92 Å². The summed E-state index contributed by atoms with van der Waals surface area (Å²) in [5.41, 5.74) is 2.34. The van der Waals surface area contributed by atoms with Crippen LogP contribution in [0.2, 0.25) is 0 Å². The van der Waals surface area contributed by atoms with E-state index >= 15 is 0 Å². The molecular weight excluding hydrogens is 263 g/mol. The predicted octanol–water partition coefficient (Wildman–Crippen LogP) is 4.76. The van der Waals surface area contributed by atoms with Crippen molar-refractivity contribution in [3.63, 3.8) is 0 Å². The van der Waals surface area contributed by atoms with Gasteiger partial charge in [0.25, 0.3) is 0 Å². The molecule has 0 aromatic heterocycles. The number of allylic oxidation sites excluding steroid dienone is 2. The number of hydrogen-bond donors (Lipinski definition) is 0. The van der Waals surface area contributed by atoms with Crippen LogP contribution in [0.1, 0.15) is 30.4 Å². The highest BCUT2D eigenvalue weighted by Gasteiger charge is 2.42. The lowest BCUT2D eigenvalue weighted by atomic mass is 9.81. The molecule has 0 saturated carbocycles. The van der Waals surface area contributed by atoms with E-state index in [1.807, 2.05) is 67.6 Å². The Morgan fingerprint density at radius 2 is 1.52 bits per heavy atom. The van der Waals surface area contributed by atoms with Crippen LogP contribution in [0.4, 0.5) is 4.39 Å². The van der Waals surface area contributed by atoms with Gasteiger partial charge < -0.3 is 0 Å². The summed E-state index contributed by atoms with van der Waals surface area (Å²) >= 11 is 0. The number of Topliss-reactive ketones (excluding diaryl/α,β-unsaturated/α-hetero) is 1. The van der Waals surface area contributed by atoms with Crippen molar-refractivity contribution in [2.45, 2.75) is 19.3 Å². The number of benzene rings is 2. The average molecular weight is 280 g/mol. The summed E-state index contributed by atoms with van der Waals surface area (Å²) in [5.74, 6) is -1.42. The minimum absolute atomic E-state index is 0.189. The van der Waals surface area contributed by atoms with Crippen molar-refractivity contribution in [1.82, 2.24) is 0 Å². The summed E-state index contributed by atoms with van der Waals surface area (Å²) in [5, 5.41) is 0. The molecule has 0 saturated heterocycles. The van der Waals surface area contributed by atoms with Crippen molar-refractivity contribution in [2.24, 2.45) is 5.92 Å². The number of halogens is 1. The van der Waals surface area contributed by atoms with Gasteiger partial charge in [0.2, 0.25) is 0 Å². The maximum absolute atomic E-state index is 14.6. The molecule has 0 spiro atoms. The largest absolute Gasteiger partial charge is 0.291 e. The van der Waals surface area contributed by atoms with Crippen molar-refractivity contribution >= 4 is 11.4 Å². The highest BCUT2D eigenvalue weighted by Crippen LogP contribution is 2.48. The van der Waals surface area contributed by atoms with Gasteiger partial charge in [-0.3, -0.25) is 4.79 Å². The molecule has 2 aromatic carbocycles. The summed E-state index contributed by atoms with van der Waals surface area (Å²) in [6.07, 6.45) is 0.641. The minimum atomic E-state index is -0.568. The topological polar surface area (TPSA) is 17.1 Å². The zero-order chi connectivity index (χ0) is 14.8. The summed E-state index contributed by atoms with van der Waals surface area (Å²) in [4.78, 5) is 12.3. The van der Waals surface area contributed by atoms with Gasteiger partial charge in [0.1, 0.15) is 0 Å². The predicted molar refractivity (Wildman–Crippen MR) is 82.4 cm³/mol. The third-order valence-electron chi connectivity index (χ3n) is 4.19. The molecule has 2 unspecified atom stereocenters. The number of carbonyl (C=O) groups excluding carboxylic acids is 1. The van der Waals surface area contributed by atoms with Crippen molar-refractivity contribution < 1.29 is 9.18 Å². The van der Waals surface area contributed by atoms with Gasteiger partial charge >= 0.3 is 0 Å². The second-order valence-corrected chi connectivity index (χ2v) is 5.36. The van der Waals surface area contributed by atoms with Crippen LogP contribution in [-0.2, 0) is 4.79 Å². The van der Waals surface area contributed by atoms with E-state index in [9.17, 15) is 9.18 Å². The molecule has 0 amide bonds. The Balaban J connectivity index is 2.16. The first kappa shape index (κ1) is 13.7. The van der Waals surface area contributed by atoms with Crippen molar-refractivity contribution in [1.29, 1.82) is 0 Å². The fraction of sp³-hybridized carbons (Fsp3) is 0.211. The molecule has 0 bridgehead atoms. The van der Waals surface area contributed by atoms with E-state index in [0.29, 0.717) is 12.0 Å². The summed E-state index contributed by atoms with van der Waals surface area (Å²) in [7, 11) is 0. The average Bonchev–Trinajstić information content (AvgIpc) is 2.80. The Bertz CT molecular complexity index is 673. The Hall–Kier alpha value is -2.22. The first-order chi connectivity index (χ1) is 10.2. The fourth-order valence-electron chi connectivity index (χ4n) is 3.19. The molecule has 0 radical (unpaired) electrons. The third kappa shape index (κ3) is 2.31. The molecule has 0 N–H and O–H groups in total. The lowest BCUT2D eigenvalue weighted by Gasteiger charge is -2.21. The first-order valence-electron chi connectivity index (χ1n) is 7.28. The molecule has 2 aromatic rings. The van der Waals surface area contributed by atoms with Crippen molar-refractivity contribution in [3.8, 4) is 0 Å². The van der Waals surface area contributed by atoms with Crippen LogP contribution in [0.5, 0.6) is 0 Å². The van der Waals surface area contributed by atoms with Gasteiger partial charge in [0.05, 0.1) is 0 Å². The molecule has 0 heterocycles. The molecule has 2 heteroatoms. The highest BCUT2D eigenvalue weighted by atomic mass is 19.1. The molecule has 1 aliphatic rings. The van der Waals surface area contributed by atoms with E-state index in [1.54, 1.807) is 0 Å². The van der Waals surface area contributed by atoms with E-state index in [-0.39, 0.29) is 17.6 Å². The van der Waals surface area contributed by atoms with Crippen molar-refractivity contribution in [2.75, 3.05) is 0 Å². The van der Waals surface area contributed by atoms with E-state index in [2.05, 4.69) is 0 Å². The Labute approximate surface area is 124 Å². The van der Waals surface area contributed by atoms with Crippen molar-refractivity contribution in [3.05, 3.63) is 77.6 Å². The smallest absolute Gasteiger partial charge is 0.195 e. The molecule has 1 aliphatic carbocycles. The number of carbonyl (C=O) groups is 1. The van der Waals surface area contributed by atoms with Gasteiger partial charge in [-0.05, 0) is 17.5 Å². The van der Waals surface area contributed by atoms with Crippen LogP contribution < -0.4 is 0 Å². The summed E-state index contributed by atoms with van der Waals surface area (Å²) in [6, 6.07) is 19.1. The molecule has 106 valence electrons. The molecule has 3 rings (SSSR count). The highest BCUT2D eigenvalue weighted by molar-refractivity contribution is 6.09. The standard InChI is InChI=1S/C19H17FO/c1-2-15-16(13-9-5-3-6-10-13)17(18(20)19(15)21)14-11-7-4-8-12-14/h3-12,15-16H,2H2,1H3. The quantitative estimate of drug-likeness (QED) is 0.792. The van der Waals surface area contributed by atoms with Gasteiger partial charge in [0, 0.05) is 17.4 Å². The van der Waals surface area contributed by atoms with Crippen LogP contribution >= 0.6 is 0 Å². The lowest BCUT2D eigenvalue weighted by molar-refractivity contribution is -0.119. The number of hydrogen-bond acceptors (Lipinski definition) is 1. The molecule has 1 nitrogen and oxygen atoms in total. The van der Waals surface area contributed by atoms with Gasteiger partial charge in [0.15, 0.2) is 11.6 Å². The number of rotatable bonds is 3. The molecular formula is C19H17FO. The number of ketones is 1. The third-order valence-corrected chi connectivity index (χ3v) is 4.19. The first-order valence-corrected chi connectivity index (χ1v) is 7.28. The lowest BCUT2D eigenvalue weighted by Crippen LogP contribution is -2.15. The summed E-state index contributed by atoms with van der Waals surface area (Å²) < 4.78 is 14.6. The van der Waals surface area contributed by atoms with Crippen LogP contribution in [-0.4, -0.2) is 5.78 Å². The second-order valence-electron chi connectivity index (χ2n) is 5.36. The molecule has 2 atom stereocenters. The normalized spacial score (nSPS) is 21.9.